The third kappa shape index (κ3) is 3.36. The van der Waals surface area contributed by atoms with Crippen molar-refractivity contribution in [1.82, 2.24) is 10.2 Å². The molecule has 2 rings (SSSR count). The fraction of sp³-hybridized carbons (Fsp3) is 0.562. The van der Waals surface area contributed by atoms with Crippen LogP contribution in [0.4, 0.5) is 0 Å². The zero-order chi connectivity index (χ0) is 15.2. The summed E-state index contributed by atoms with van der Waals surface area (Å²) in [4.78, 5) is 14.4. The predicted octanol–water partition coefficient (Wildman–Crippen LogP) is 1.94. The summed E-state index contributed by atoms with van der Waals surface area (Å²) in [6.45, 7) is 3.35. The number of hydrogen-bond acceptors (Lipinski definition) is 4. The number of carbonyl (C=O) groups is 1. The number of rotatable bonds is 7. The van der Waals surface area contributed by atoms with Crippen molar-refractivity contribution in [2.75, 3.05) is 27.4 Å². The molecule has 0 saturated carbocycles. The Morgan fingerprint density at radius 3 is 2.71 bits per heavy atom. The fourth-order valence-corrected chi connectivity index (χ4v) is 2.74. The van der Waals surface area contributed by atoms with E-state index >= 15 is 0 Å². The highest BCUT2D eigenvalue weighted by Crippen LogP contribution is 2.32. The first kappa shape index (κ1) is 15.8. The van der Waals surface area contributed by atoms with Crippen LogP contribution in [0.5, 0.6) is 5.75 Å². The highest BCUT2D eigenvalue weighted by molar-refractivity contribution is 5.84. The molecule has 5 heteroatoms. The molecule has 1 aliphatic rings. The van der Waals surface area contributed by atoms with Crippen molar-refractivity contribution in [3.63, 3.8) is 0 Å². The van der Waals surface area contributed by atoms with Crippen molar-refractivity contribution in [1.29, 1.82) is 0 Å². The van der Waals surface area contributed by atoms with Gasteiger partial charge in [0.1, 0.15) is 11.9 Å². The molecule has 1 N–H and O–H groups in total. The maximum atomic E-state index is 12.5. The van der Waals surface area contributed by atoms with Gasteiger partial charge in [-0.3, -0.25) is 10.1 Å². The van der Waals surface area contributed by atoms with E-state index in [0.717, 1.165) is 24.2 Å². The van der Waals surface area contributed by atoms with Crippen molar-refractivity contribution < 1.29 is 14.3 Å². The molecule has 2 atom stereocenters. The van der Waals surface area contributed by atoms with Gasteiger partial charge < -0.3 is 14.4 Å². The van der Waals surface area contributed by atoms with Gasteiger partial charge in [0.25, 0.3) is 0 Å². The Morgan fingerprint density at radius 1 is 1.29 bits per heavy atom. The van der Waals surface area contributed by atoms with Gasteiger partial charge >= 0.3 is 0 Å². The van der Waals surface area contributed by atoms with Gasteiger partial charge in [0.15, 0.2) is 0 Å². The molecular weight excluding hydrogens is 268 g/mol. The lowest BCUT2D eigenvalue weighted by Crippen LogP contribution is -2.32. The van der Waals surface area contributed by atoms with E-state index in [1.165, 1.54) is 0 Å². The topological polar surface area (TPSA) is 50.8 Å². The number of amides is 1. The van der Waals surface area contributed by atoms with E-state index in [4.69, 9.17) is 9.47 Å². The summed E-state index contributed by atoms with van der Waals surface area (Å²) in [5, 5.41) is 3.41. The second kappa shape index (κ2) is 7.43. The molecule has 1 fully saturated rings. The Balaban J connectivity index is 2.23. The Kier molecular flexibility index (Phi) is 5.59. The first-order valence-corrected chi connectivity index (χ1v) is 7.41. The Morgan fingerprint density at radius 2 is 2.05 bits per heavy atom. The lowest BCUT2D eigenvalue weighted by Gasteiger charge is -2.25. The molecule has 0 bridgehead atoms. The van der Waals surface area contributed by atoms with Crippen LogP contribution in [0, 0.1) is 0 Å². The number of ether oxygens (including phenoxy) is 2. The summed E-state index contributed by atoms with van der Waals surface area (Å²) >= 11 is 0. The summed E-state index contributed by atoms with van der Waals surface area (Å²) in [5.41, 5.74) is 1.00. The van der Waals surface area contributed by atoms with Crippen molar-refractivity contribution in [3.05, 3.63) is 29.8 Å². The lowest BCUT2D eigenvalue weighted by atomic mass is 10.1. The molecule has 0 aliphatic carbocycles. The molecule has 0 spiro atoms. The maximum absolute atomic E-state index is 12.5. The molecular formula is C16H24N2O3. The molecule has 1 aliphatic heterocycles. The van der Waals surface area contributed by atoms with Gasteiger partial charge in [-0.2, -0.15) is 0 Å². The highest BCUT2D eigenvalue weighted by atomic mass is 16.5. The first-order valence-electron chi connectivity index (χ1n) is 7.41. The van der Waals surface area contributed by atoms with E-state index in [1.54, 1.807) is 14.2 Å². The Hall–Kier alpha value is -1.59. The van der Waals surface area contributed by atoms with Gasteiger partial charge in [0, 0.05) is 25.8 Å². The Bertz CT molecular complexity index is 478. The largest absolute Gasteiger partial charge is 0.496 e. The van der Waals surface area contributed by atoms with Gasteiger partial charge in [-0.05, 0) is 18.9 Å². The first-order chi connectivity index (χ1) is 10.2. The number of methoxy groups -OCH3 is 2. The second-order valence-corrected chi connectivity index (χ2v) is 5.15. The minimum absolute atomic E-state index is 0.123. The molecule has 5 nitrogen and oxygen atoms in total. The lowest BCUT2D eigenvalue weighted by molar-refractivity contribution is -0.130. The normalized spacial score (nSPS) is 21.9. The van der Waals surface area contributed by atoms with E-state index in [0.29, 0.717) is 13.2 Å². The quantitative estimate of drug-likeness (QED) is 0.780. The molecule has 0 radical (unpaired) electrons. The number of nitrogens with one attached hydrogen (secondary N) is 1. The minimum Gasteiger partial charge on any atom is -0.496 e. The van der Waals surface area contributed by atoms with Gasteiger partial charge in [-0.1, -0.05) is 25.1 Å². The third-order valence-electron chi connectivity index (χ3n) is 3.84. The standard InChI is InChI=1S/C16H24N2O3/c1-4-13-16(19)18(10-7-11-20-2)15(17-13)12-8-5-6-9-14(12)21-3/h5-6,8-9,13,15,17H,4,7,10-11H2,1-3H3. The maximum Gasteiger partial charge on any atom is 0.241 e. The van der Waals surface area contributed by atoms with E-state index < -0.39 is 0 Å². The number of benzene rings is 1. The van der Waals surface area contributed by atoms with Crippen LogP contribution in [0.25, 0.3) is 0 Å². The molecule has 0 aromatic heterocycles. The summed E-state index contributed by atoms with van der Waals surface area (Å²) in [5.74, 6) is 0.959. The van der Waals surface area contributed by atoms with Crippen LogP contribution in [0.2, 0.25) is 0 Å². The highest BCUT2D eigenvalue weighted by Gasteiger charge is 2.39. The number of nitrogens with zero attached hydrogens (tertiary/aromatic N) is 1. The minimum atomic E-state index is -0.129. The summed E-state index contributed by atoms with van der Waals surface area (Å²) in [6.07, 6.45) is 1.48. The third-order valence-corrected chi connectivity index (χ3v) is 3.84. The van der Waals surface area contributed by atoms with Gasteiger partial charge in [0.2, 0.25) is 5.91 Å². The van der Waals surface area contributed by atoms with Gasteiger partial charge in [0.05, 0.1) is 13.2 Å². The summed E-state index contributed by atoms with van der Waals surface area (Å²) < 4.78 is 10.5. The molecule has 2 unspecified atom stereocenters. The van der Waals surface area contributed by atoms with Crippen LogP contribution in [-0.4, -0.2) is 44.2 Å². The number of carbonyl (C=O) groups excluding carboxylic acids is 1. The molecule has 1 saturated heterocycles. The van der Waals surface area contributed by atoms with Gasteiger partial charge in [-0.25, -0.2) is 0 Å². The van der Waals surface area contributed by atoms with Crippen LogP contribution in [0.1, 0.15) is 31.5 Å². The van der Waals surface area contributed by atoms with E-state index in [2.05, 4.69) is 5.32 Å². The molecule has 1 heterocycles. The van der Waals surface area contributed by atoms with Crippen molar-refractivity contribution in [3.8, 4) is 5.75 Å². The zero-order valence-electron chi connectivity index (χ0n) is 13.0. The number of hydrogen-bond donors (Lipinski definition) is 1. The molecule has 1 aromatic rings. The average Bonchev–Trinajstić information content (AvgIpc) is 2.84. The van der Waals surface area contributed by atoms with Crippen molar-refractivity contribution in [2.45, 2.75) is 32.0 Å². The molecule has 21 heavy (non-hydrogen) atoms. The van der Waals surface area contributed by atoms with E-state index in [-0.39, 0.29) is 18.1 Å². The van der Waals surface area contributed by atoms with Crippen LogP contribution in [-0.2, 0) is 9.53 Å². The SMILES string of the molecule is CCC1NC(c2ccccc2OC)N(CCCOC)C1=O. The van der Waals surface area contributed by atoms with Gasteiger partial charge in [-0.15, -0.1) is 0 Å². The average molecular weight is 292 g/mol. The van der Waals surface area contributed by atoms with Crippen LogP contribution in [0.3, 0.4) is 0 Å². The van der Waals surface area contributed by atoms with Crippen LogP contribution >= 0.6 is 0 Å². The van der Waals surface area contributed by atoms with Crippen molar-refractivity contribution in [2.24, 2.45) is 0 Å². The summed E-state index contributed by atoms with van der Waals surface area (Å²) in [6, 6.07) is 7.71. The van der Waals surface area contributed by atoms with Crippen LogP contribution < -0.4 is 10.1 Å². The second-order valence-electron chi connectivity index (χ2n) is 5.15. The van der Waals surface area contributed by atoms with E-state index in [1.807, 2.05) is 36.1 Å². The molecule has 1 aromatic carbocycles. The monoisotopic (exact) mass is 292 g/mol. The Labute approximate surface area is 126 Å². The predicted molar refractivity (Wildman–Crippen MR) is 81.2 cm³/mol. The zero-order valence-corrected chi connectivity index (χ0v) is 13.0. The molecule has 116 valence electrons. The summed E-state index contributed by atoms with van der Waals surface area (Å²) in [7, 11) is 3.33. The number of para-hydroxylation sites is 1. The fourth-order valence-electron chi connectivity index (χ4n) is 2.74. The molecule has 1 amide bonds. The smallest absolute Gasteiger partial charge is 0.241 e. The van der Waals surface area contributed by atoms with Crippen molar-refractivity contribution >= 4 is 5.91 Å². The van der Waals surface area contributed by atoms with Crippen LogP contribution in [0.15, 0.2) is 24.3 Å². The van der Waals surface area contributed by atoms with E-state index in [9.17, 15) is 4.79 Å².